The van der Waals surface area contributed by atoms with Gasteiger partial charge in [0, 0.05) is 30.9 Å². The van der Waals surface area contributed by atoms with E-state index in [4.69, 9.17) is 5.73 Å². The molecule has 1 atom stereocenters. The number of hydrogen-bond donors (Lipinski definition) is 1. The molecule has 2 rings (SSSR count). The van der Waals surface area contributed by atoms with Gasteiger partial charge in [-0.1, -0.05) is 6.08 Å². The molecule has 2 N–H and O–H groups in total. The molecule has 1 saturated heterocycles. The Morgan fingerprint density at radius 2 is 2.40 bits per heavy atom. The van der Waals surface area contributed by atoms with Gasteiger partial charge in [-0.05, 0) is 26.1 Å². The molecule has 4 heteroatoms. The van der Waals surface area contributed by atoms with Crippen LogP contribution in [-0.4, -0.2) is 48.4 Å². The molecule has 0 saturated carbocycles. The highest BCUT2D eigenvalue weighted by atomic mass is 16.1. The second-order valence-corrected chi connectivity index (χ2v) is 4.24. The molecule has 15 heavy (non-hydrogen) atoms. The van der Waals surface area contributed by atoms with Crippen molar-refractivity contribution in [2.75, 3.05) is 26.7 Å². The monoisotopic (exact) mass is 207 g/mol. The Bertz CT molecular complexity index is 322. The average molecular weight is 207 g/mol. The third kappa shape index (κ3) is 2.21. The molecule has 4 nitrogen and oxygen atoms in total. The smallest absolute Gasteiger partial charge is 0.248 e. The minimum absolute atomic E-state index is 0.338. The molecule has 0 radical (unpaired) electrons. The van der Waals surface area contributed by atoms with Crippen LogP contribution in [0, 0.1) is 0 Å². The summed E-state index contributed by atoms with van der Waals surface area (Å²) in [7, 11) is 2.14. The maximum atomic E-state index is 10.9. The van der Waals surface area contributed by atoms with Crippen molar-refractivity contribution in [2.45, 2.75) is 12.5 Å². The number of primary amides is 1. The number of carbonyl (C=O) groups excluding carboxylic acids is 1. The molecule has 2 aliphatic rings. The summed E-state index contributed by atoms with van der Waals surface area (Å²) in [5, 5.41) is 0. The molecule has 1 unspecified atom stereocenters. The van der Waals surface area contributed by atoms with Gasteiger partial charge in [0.2, 0.25) is 5.91 Å². The minimum atomic E-state index is -0.338. The van der Waals surface area contributed by atoms with Crippen molar-refractivity contribution in [3.8, 4) is 0 Å². The largest absolute Gasteiger partial charge is 0.369 e. The van der Waals surface area contributed by atoms with Gasteiger partial charge in [-0.25, -0.2) is 0 Å². The third-order valence-electron chi connectivity index (χ3n) is 3.09. The molecular formula is C11H17N3O. The number of likely N-dealkylation sites (tertiary alicyclic amines) is 1. The summed E-state index contributed by atoms with van der Waals surface area (Å²) < 4.78 is 0. The van der Waals surface area contributed by atoms with E-state index in [2.05, 4.69) is 16.8 Å². The quantitative estimate of drug-likeness (QED) is 0.689. The van der Waals surface area contributed by atoms with Crippen molar-refractivity contribution in [3.05, 3.63) is 23.9 Å². The predicted octanol–water partition coefficient (Wildman–Crippen LogP) is -0.0685. The van der Waals surface area contributed by atoms with E-state index in [9.17, 15) is 4.79 Å². The summed E-state index contributed by atoms with van der Waals surface area (Å²) in [6, 6.07) is 0.580. The van der Waals surface area contributed by atoms with E-state index >= 15 is 0 Å². The fourth-order valence-electron chi connectivity index (χ4n) is 2.14. The number of carbonyl (C=O) groups is 1. The van der Waals surface area contributed by atoms with E-state index in [0.717, 1.165) is 19.6 Å². The molecule has 1 fully saturated rings. The van der Waals surface area contributed by atoms with Gasteiger partial charge < -0.3 is 15.5 Å². The van der Waals surface area contributed by atoms with Gasteiger partial charge >= 0.3 is 0 Å². The van der Waals surface area contributed by atoms with Crippen molar-refractivity contribution in [1.82, 2.24) is 9.80 Å². The maximum Gasteiger partial charge on any atom is 0.248 e. The second kappa shape index (κ2) is 4.06. The fraction of sp³-hybridized carbons (Fsp3) is 0.545. The lowest BCUT2D eigenvalue weighted by molar-refractivity contribution is -0.114. The van der Waals surface area contributed by atoms with Crippen molar-refractivity contribution >= 4 is 5.91 Å². The van der Waals surface area contributed by atoms with Crippen LogP contribution < -0.4 is 5.73 Å². The Balaban J connectivity index is 1.95. The average Bonchev–Trinajstić information content (AvgIpc) is 2.65. The van der Waals surface area contributed by atoms with Crippen LogP contribution in [0.15, 0.2) is 23.9 Å². The zero-order chi connectivity index (χ0) is 10.8. The number of nitrogens with zero attached hydrogens (tertiary/aromatic N) is 2. The number of amides is 1. The van der Waals surface area contributed by atoms with Crippen molar-refractivity contribution in [3.63, 3.8) is 0 Å². The van der Waals surface area contributed by atoms with Crippen LogP contribution in [0.4, 0.5) is 0 Å². The summed E-state index contributed by atoms with van der Waals surface area (Å²) in [5.74, 6) is -0.338. The lowest BCUT2D eigenvalue weighted by Gasteiger charge is -2.28. The lowest BCUT2D eigenvalue weighted by atomic mass is 10.1. The first-order valence-electron chi connectivity index (χ1n) is 5.29. The summed E-state index contributed by atoms with van der Waals surface area (Å²) in [4.78, 5) is 15.5. The van der Waals surface area contributed by atoms with Crippen LogP contribution in [0.1, 0.15) is 6.42 Å². The molecule has 0 aliphatic carbocycles. The van der Waals surface area contributed by atoms with E-state index in [0.29, 0.717) is 11.6 Å². The van der Waals surface area contributed by atoms with E-state index in [-0.39, 0.29) is 5.91 Å². The zero-order valence-electron chi connectivity index (χ0n) is 9.02. The molecule has 0 aromatic rings. The Hall–Kier alpha value is -1.29. The van der Waals surface area contributed by atoms with Crippen LogP contribution in [0.2, 0.25) is 0 Å². The first-order chi connectivity index (χ1) is 7.16. The van der Waals surface area contributed by atoms with Crippen molar-refractivity contribution < 1.29 is 4.79 Å². The van der Waals surface area contributed by atoms with Crippen LogP contribution in [-0.2, 0) is 4.79 Å². The van der Waals surface area contributed by atoms with E-state index in [1.54, 1.807) is 0 Å². The van der Waals surface area contributed by atoms with Gasteiger partial charge in [-0.3, -0.25) is 4.79 Å². The minimum Gasteiger partial charge on any atom is -0.369 e. The third-order valence-corrected chi connectivity index (χ3v) is 3.09. The van der Waals surface area contributed by atoms with Gasteiger partial charge in [0.15, 0.2) is 0 Å². The number of likely N-dealkylation sites (N-methyl/N-ethyl adjacent to an activating group) is 1. The standard InChI is InChI=1S/C11H17N3O/c1-13-5-4-10(8-13)14-6-2-9(3-7-14)11(12)15/h2-3,6,10H,4-5,7-8H2,1H3,(H2,12,15). The molecule has 0 spiro atoms. The molecule has 0 bridgehead atoms. The topological polar surface area (TPSA) is 49.6 Å². The van der Waals surface area contributed by atoms with Crippen LogP contribution >= 0.6 is 0 Å². The Morgan fingerprint density at radius 3 is 2.87 bits per heavy atom. The van der Waals surface area contributed by atoms with E-state index < -0.39 is 0 Å². The molecule has 0 aromatic heterocycles. The molecular weight excluding hydrogens is 190 g/mol. The SMILES string of the molecule is CN1CCC(N2C=CC(C(N)=O)=CC2)C1. The van der Waals surface area contributed by atoms with Crippen LogP contribution in [0.3, 0.4) is 0 Å². The summed E-state index contributed by atoms with van der Waals surface area (Å²) in [5.41, 5.74) is 5.83. The number of rotatable bonds is 2. The maximum absolute atomic E-state index is 10.9. The van der Waals surface area contributed by atoms with Gasteiger partial charge in [0.1, 0.15) is 0 Å². The summed E-state index contributed by atoms with van der Waals surface area (Å²) in [6.07, 6.45) is 6.90. The highest BCUT2D eigenvalue weighted by Crippen LogP contribution is 2.17. The van der Waals surface area contributed by atoms with Gasteiger partial charge in [-0.2, -0.15) is 0 Å². The van der Waals surface area contributed by atoms with Crippen molar-refractivity contribution in [1.29, 1.82) is 0 Å². The lowest BCUT2D eigenvalue weighted by Crippen LogP contribution is -2.35. The molecule has 2 heterocycles. The van der Waals surface area contributed by atoms with Gasteiger partial charge in [0.25, 0.3) is 0 Å². The summed E-state index contributed by atoms with van der Waals surface area (Å²) >= 11 is 0. The van der Waals surface area contributed by atoms with E-state index in [1.807, 2.05) is 18.4 Å². The van der Waals surface area contributed by atoms with Crippen molar-refractivity contribution in [2.24, 2.45) is 5.73 Å². The zero-order valence-corrected chi connectivity index (χ0v) is 9.02. The molecule has 0 aromatic carbocycles. The van der Waals surface area contributed by atoms with Gasteiger partial charge in [-0.15, -0.1) is 0 Å². The second-order valence-electron chi connectivity index (χ2n) is 4.24. The first kappa shape index (κ1) is 10.2. The number of hydrogen-bond acceptors (Lipinski definition) is 3. The number of nitrogens with two attached hydrogens (primary N) is 1. The Kier molecular flexibility index (Phi) is 2.77. The van der Waals surface area contributed by atoms with Gasteiger partial charge in [0.05, 0.1) is 0 Å². The van der Waals surface area contributed by atoms with Crippen LogP contribution in [0.5, 0.6) is 0 Å². The normalized spacial score (nSPS) is 26.9. The van der Waals surface area contributed by atoms with E-state index in [1.165, 1.54) is 6.42 Å². The molecule has 82 valence electrons. The van der Waals surface area contributed by atoms with Crippen LogP contribution in [0.25, 0.3) is 0 Å². The highest BCUT2D eigenvalue weighted by Gasteiger charge is 2.24. The Morgan fingerprint density at radius 1 is 1.60 bits per heavy atom. The molecule has 2 aliphatic heterocycles. The highest BCUT2D eigenvalue weighted by molar-refractivity contribution is 5.94. The fourth-order valence-corrected chi connectivity index (χ4v) is 2.14. The molecule has 1 amide bonds. The Labute approximate surface area is 90.0 Å². The predicted molar refractivity (Wildman–Crippen MR) is 59.0 cm³/mol. The first-order valence-corrected chi connectivity index (χ1v) is 5.29. The summed E-state index contributed by atoms with van der Waals surface area (Å²) in [6.45, 7) is 3.05.